The summed E-state index contributed by atoms with van der Waals surface area (Å²) in [7, 11) is 0. The third-order valence-electron chi connectivity index (χ3n) is 14.7. The van der Waals surface area contributed by atoms with E-state index in [1.54, 1.807) is 6.92 Å². The van der Waals surface area contributed by atoms with Crippen molar-refractivity contribution in [3.05, 3.63) is 12.2 Å². The summed E-state index contributed by atoms with van der Waals surface area (Å²) in [4.78, 5) is 36.3. The summed E-state index contributed by atoms with van der Waals surface area (Å²) in [6, 6.07) is 0. The molecule has 242 valence electrons. The van der Waals surface area contributed by atoms with E-state index in [0.717, 1.165) is 38.5 Å². The van der Waals surface area contributed by atoms with Crippen LogP contribution in [0.3, 0.4) is 0 Å². The van der Waals surface area contributed by atoms with Crippen molar-refractivity contribution in [1.82, 2.24) is 5.43 Å². The standard InChI is InChI=1S/C36H58N2O5/c1-22(2)24-13-18-36(21-42-30(41)12-11-29(40)38-37)20-19-34(7)25(31(24)36)9-10-27-33(6)16-15-28(43-23(3)39)32(4,5)26(33)14-17-35(27,34)8/h24-28,31H,1,9-21,37H2,2-8H3,(H,38,40)/t24-,25+,26-,27-,28-,31-,33-,34+,35+,36+/m0/s1. The average molecular weight is 599 g/mol. The Labute approximate surface area is 259 Å². The van der Waals surface area contributed by atoms with Crippen LogP contribution in [0.2, 0.25) is 0 Å². The molecule has 43 heavy (non-hydrogen) atoms. The van der Waals surface area contributed by atoms with Crippen LogP contribution < -0.4 is 11.3 Å². The number of amides is 1. The monoisotopic (exact) mass is 598 g/mol. The van der Waals surface area contributed by atoms with Gasteiger partial charge in [0.1, 0.15) is 6.10 Å². The first-order valence-electron chi connectivity index (χ1n) is 17.0. The smallest absolute Gasteiger partial charge is 0.306 e. The Kier molecular flexibility index (Phi) is 8.44. The zero-order valence-corrected chi connectivity index (χ0v) is 28.0. The molecule has 5 aliphatic rings. The van der Waals surface area contributed by atoms with E-state index in [1.165, 1.54) is 31.3 Å². The van der Waals surface area contributed by atoms with Gasteiger partial charge in [0.2, 0.25) is 5.91 Å². The fourth-order valence-corrected chi connectivity index (χ4v) is 12.5. The summed E-state index contributed by atoms with van der Waals surface area (Å²) < 4.78 is 11.9. The van der Waals surface area contributed by atoms with E-state index in [2.05, 4.69) is 53.5 Å². The molecule has 1 amide bonds. The molecule has 0 spiro atoms. The number of hydrazine groups is 1. The number of nitrogens with two attached hydrogens (primary N) is 1. The minimum atomic E-state index is -0.346. The summed E-state index contributed by atoms with van der Waals surface area (Å²) in [6.45, 7) is 21.2. The molecule has 0 saturated heterocycles. The molecule has 5 saturated carbocycles. The maximum absolute atomic E-state index is 12.7. The minimum absolute atomic E-state index is 0.00290. The number of nitrogens with one attached hydrogen (secondary N) is 1. The van der Waals surface area contributed by atoms with Gasteiger partial charge in [-0.05, 0) is 117 Å². The molecule has 0 heterocycles. The van der Waals surface area contributed by atoms with E-state index in [9.17, 15) is 14.4 Å². The SMILES string of the molecule is C=C(C)[C@@H]1CC[C@]2(COC(=O)CCC(=O)NN)CC[C@]3(C)[C@H](CC[C@H]4[C@@]5(C)CC[C@H](OC(C)=O)C(C)(C)[C@@H]5CC[C@]43C)[C@H]12. The summed E-state index contributed by atoms with van der Waals surface area (Å²) >= 11 is 0. The Morgan fingerprint density at radius 3 is 2.21 bits per heavy atom. The van der Waals surface area contributed by atoms with Crippen molar-refractivity contribution in [3.8, 4) is 0 Å². The van der Waals surface area contributed by atoms with Gasteiger partial charge in [-0.15, -0.1) is 0 Å². The lowest BCUT2D eigenvalue weighted by Gasteiger charge is -2.73. The van der Waals surface area contributed by atoms with Crippen LogP contribution in [-0.4, -0.2) is 30.6 Å². The molecule has 0 aliphatic heterocycles. The highest BCUT2D eigenvalue weighted by Gasteiger charge is 2.71. The topological polar surface area (TPSA) is 108 Å². The van der Waals surface area contributed by atoms with Gasteiger partial charge in [0.05, 0.1) is 13.0 Å². The molecule has 5 aliphatic carbocycles. The molecular formula is C36H58N2O5. The molecule has 0 aromatic rings. The average Bonchev–Trinajstić information content (AvgIpc) is 3.32. The molecule has 0 bridgehead atoms. The van der Waals surface area contributed by atoms with Gasteiger partial charge in [0.15, 0.2) is 0 Å². The lowest BCUT2D eigenvalue weighted by atomic mass is 9.32. The van der Waals surface area contributed by atoms with Crippen LogP contribution in [0.25, 0.3) is 0 Å². The summed E-state index contributed by atoms with van der Waals surface area (Å²) in [5.74, 6) is 7.05. The Balaban J connectivity index is 1.42. The van der Waals surface area contributed by atoms with E-state index in [1.807, 2.05) is 0 Å². The second kappa shape index (κ2) is 11.2. The third-order valence-corrected chi connectivity index (χ3v) is 14.7. The van der Waals surface area contributed by atoms with Crippen molar-refractivity contribution in [1.29, 1.82) is 0 Å². The van der Waals surface area contributed by atoms with Crippen LogP contribution in [0.15, 0.2) is 12.2 Å². The highest BCUT2D eigenvalue weighted by Crippen LogP contribution is 2.77. The largest absolute Gasteiger partial charge is 0.465 e. The molecule has 0 unspecified atom stereocenters. The fraction of sp³-hybridized carbons (Fsp3) is 0.861. The molecule has 0 aromatic heterocycles. The Hall–Kier alpha value is -1.89. The van der Waals surface area contributed by atoms with Gasteiger partial charge in [0.25, 0.3) is 0 Å². The zero-order chi connectivity index (χ0) is 31.6. The second-order valence-corrected chi connectivity index (χ2v) is 16.7. The molecule has 5 fully saturated rings. The first kappa shape index (κ1) is 32.5. The first-order chi connectivity index (χ1) is 20.1. The second-order valence-electron chi connectivity index (χ2n) is 16.7. The number of ether oxygens (including phenoxy) is 2. The number of fused-ring (bicyclic) bond motifs is 7. The molecule has 5 rings (SSSR count). The molecule has 7 heteroatoms. The zero-order valence-electron chi connectivity index (χ0n) is 28.0. The maximum Gasteiger partial charge on any atom is 0.306 e. The van der Waals surface area contributed by atoms with Crippen LogP contribution in [0.4, 0.5) is 0 Å². The Morgan fingerprint density at radius 1 is 0.837 bits per heavy atom. The number of carbonyl (C=O) groups excluding carboxylic acids is 3. The van der Waals surface area contributed by atoms with Gasteiger partial charge in [-0.25, -0.2) is 5.84 Å². The number of carbonyl (C=O) groups is 3. The van der Waals surface area contributed by atoms with Crippen molar-refractivity contribution in [2.75, 3.05) is 6.61 Å². The predicted octanol–water partition coefficient (Wildman–Crippen LogP) is 6.89. The molecule has 0 radical (unpaired) electrons. The van der Waals surface area contributed by atoms with Crippen LogP contribution >= 0.6 is 0 Å². The van der Waals surface area contributed by atoms with E-state index < -0.39 is 0 Å². The number of hydrogen-bond donors (Lipinski definition) is 2. The lowest BCUT2D eigenvalue weighted by Crippen LogP contribution is -2.67. The van der Waals surface area contributed by atoms with Gasteiger partial charge >= 0.3 is 11.9 Å². The summed E-state index contributed by atoms with van der Waals surface area (Å²) in [6.07, 6.45) is 11.5. The normalized spacial score (nSPS) is 44.6. The Bertz CT molecular complexity index is 1150. The van der Waals surface area contributed by atoms with Crippen LogP contribution in [0.5, 0.6) is 0 Å². The van der Waals surface area contributed by atoms with Crippen LogP contribution in [-0.2, 0) is 23.9 Å². The number of hydrogen-bond acceptors (Lipinski definition) is 6. The number of rotatable bonds is 7. The van der Waals surface area contributed by atoms with E-state index >= 15 is 0 Å². The van der Waals surface area contributed by atoms with E-state index in [-0.39, 0.29) is 63.9 Å². The quantitative estimate of drug-likeness (QED) is 0.109. The summed E-state index contributed by atoms with van der Waals surface area (Å²) in [5.41, 5.74) is 3.98. The maximum atomic E-state index is 12.7. The molecule has 10 atom stereocenters. The van der Waals surface area contributed by atoms with Crippen LogP contribution in [0, 0.1) is 56.7 Å². The summed E-state index contributed by atoms with van der Waals surface area (Å²) in [5, 5.41) is 0. The minimum Gasteiger partial charge on any atom is -0.465 e. The van der Waals surface area contributed by atoms with Crippen molar-refractivity contribution < 1.29 is 23.9 Å². The third kappa shape index (κ3) is 4.98. The molecule has 7 nitrogen and oxygen atoms in total. The van der Waals surface area contributed by atoms with Crippen molar-refractivity contribution in [2.24, 2.45) is 62.5 Å². The van der Waals surface area contributed by atoms with Crippen molar-refractivity contribution >= 4 is 17.8 Å². The predicted molar refractivity (Wildman–Crippen MR) is 167 cm³/mol. The van der Waals surface area contributed by atoms with Gasteiger partial charge in [-0.2, -0.15) is 0 Å². The van der Waals surface area contributed by atoms with Crippen LogP contribution in [0.1, 0.15) is 126 Å². The van der Waals surface area contributed by atoms with Gasteiger partial charge in [-0.1, -0.05) is 46.8 Å². The number of allylic oxidation sites excluding steroid dienone is 1. The lowest BCUT2D eigenvalue weighted by molar-refractivity contribution is -0.252. The van der Waals surface area contributed by atoms with Gasteiger partial charge < -0.3 is 9.47 Å². The molecular weight excluding hydrogens is 540 g/mol. The van der Waals surface area contributed by atoms with E-state index in [4.69, 9.17) is 15.3 Å². The Morgan fingerprint density at radius 2 is 1.56 bits per heavy atom. The fourth-order valence-electron chi connectivity index (χ4n) is 12.5. The highest BCUT2D eigenvalue weighted by atomic mass is 16.5. The van der Waals surface area contributed by atoms with Crippen molar-refractivity contribution in [2.45, 2.75) is 132 Å². The molecule has 3 N–H and O–H groups in total. The molecule has 0 aromatic carbocycles. The first-order valence-corrected chi connectivity index (χ1v) is 17.0. The van der Waals surface area contributed by atoms with Crippen molar-refractivity contribution in [3.63, 3.8) is 0 Å². The highest BCUT2D eigenvalue weighted by molar-refractivity contribution is 5.80. The van der Waals surface area contributed by atoms with E-state index in [0.29, 0.717) is 36.2 Å². The number of esters is 2. The van der Waals surface area contributed by atoms with Gasteiger partial charge in [0, 0.05) is 24.2 Å². The van der Waals surface area contributed by atoms with Gasteiger partial charge in [-0.3, -0.25) is 19.8 Å².